The SMILES string of the molecule is C=CCN1C(=O)[C@@]2(SC1=S)[C@@H](c1cccc(F)c1)CN(C)[C@]21C(=O)N(C)c2ccc(F)cc21. The summed E-state index contributed by atoms with van der Waals surface area (Å²) in [4.78, 5) is 33.0. The number of thioether (sulfide) groups is 1. The highest BCUT2D eigenvalue weighted by molar-refractivity contribution is 8.25. The largest absolute Gasteiger partial charge is 0.313 e. The molecule has 33 heavy (non-hydrogen) atoms. The van der Waals surface area contributed by atoms with E-state index in [2.05, 4.69) is 6.58 Å². The molecule has 9 heteroatoms. The smallest absolute Gasteiger partial charge is 0.254 e. The Kier molecular flexibility index (Phi) is 5.00. The van der Waals surface area contributed by atoms with Crippen molar-refractivity contribution < 1.29 is 18.4 Å². The van der Waals surface area contributed by atoms with Crippen LogP contribution in [0.3, 0.4) is 0 Å². The molecule has 0 aliphatic carbocycles. The van der Waals surface area contributed by atoms with Crippen molar-refractivity contribution in [3.8, 4) is 0 Å². The molecule has 2 aromatic rings. The number of likely N-dealkylation sites (tertiary alicyclic amines) is 1. The van der Waals surface area contributed by atoms with Crippen molar-refractivity contribution in [1.29, 1.82) is 0 Å². The third-order valence-electron chi connectivity index (χ3n) is 6.98. The van der Waals surface area contributed by atoms with Crippen LogP contribution in [0.5, 0.6) is 0 Å². The van der Waals surface area contributed by atoms with E-state index in [0.29, 0.717) is 21.1 Å². The molecule has 3 aliphatic heterocycles. The number of carbonyl (C=O) groups excluding carboxylic acids is 2. The van der Waals surface area contributed by atoms with Crippen molar-refractivity contribution in [2.24, 2.45) is 0 Å². The van der Waals surface area contributed by atoms with Gasteiger partial charge < -0.3 is 4.90 Å². The molecule has 3 heterocycles. The molecule has 5 rings (SSSR count). The van der Waals surface area contributed by atoms with Gasteiger partial charge in [-0.1, -0.05) is 42.2 Å². The first-order chi connectivity index (χ1) is 15.7. The van der Waals surface area contributed by atoms with Crippen LogP contribution in [-0.4, -0.2) is 57.9 Å². The fraction of sp³-hybridized carbons (Fsp3) is 0.292. The Morgan fingerprint density at radius 3 is 2.58 bits per heavy atom. The van der Waals surface area contributed by atoms with Gasteiger partial charge in [0.25, 0.3) is 5.91 Å². The highest BCUT2D eigenvalue weighted by Gasteiger charge is 2.78. The molecule has 0 radical (unpaired) electrons. The normalized spacial score (nSPS) is 29.1. The van der Waals surface area contributed by atoms with Gasteiger partial charge in [0.05, 0.1) is 0 Å². The summed E-state index contributed by atoms with van der Waals surface area (Å²) >= 11 is 6.74. The fourth-order valence-electron chi connectivity index (χ4n) is 5.68. The number of fused-ring (bicyclic) bond motifs is 3. The van der Waals surface area contributed by atoms with E-state index in [4.69, 9.17) is 12.2 Å². The van der Waals surface area contributed by atoms with Crippen LogP contribution in [0.15, 0.2) is 55.1 Å². The Balaban J connectivity index is 1.85. The summed E-state index contributed by atoms with van der Waals surface area (Å²) < 4.78 is 27.7. The topological polar surface area (TPSA) is 43.9 Å². The quantitative estimate of drug-likeness (QED) is 0.491. The Morgan fingerprint density at radius 2 is 1.88 bits per heavy atom. The summed E-state index contributed by atoms with van der Waals surface area (Å²) in [6, 6.07) is 10.2. The average molecular weight is 486 g/mol. The molecular weight excluding hydrogens is 464 g/mol. The highest BCUT2D eigenvalue weighted by atomic mass is 32.2. The molecule has 2 saturated heterocycles. The van der Waals surface area contributed by atoms with E-state index in [1.54, 1.807) is 43.3 Å². The van der Waals surface area contributed by atoms with Crippen LogP contribution in [0.1, 0.15) is 17.0 Å². The molecule has 0 aromatic heterocycles. The first kappa shape index (κ1) is 22.2. The van der Waals surface area contributed by atoms with Gasteiger partial charge in [-0.05, 0) is 42.9 Å². The number of carbonyl (C=O) groups is 2. The number of anilines is 1. The van der Waals surface area contributed by atoms with Gasteiger partial charge in [-0.2, -0.15) is 0 Å². The highest BCUT2D eigenvalue weighted by Crippen LogP contribution is 2.66. The standard InChI is InChI=1S/C24H21F2N3O2S2/c1-4-10-29-21(31)24(33-22(29)32)18(14-6-5-7-15(25)11-14)13-27(2)23(24)17-12-16(26)8-9-19(17)28(3)20(23)30/h4-9,11-12,18H,1,10,13H2,2-3H3/t18-,23-,24+/m1/s1. The van der Waals surface area contributed by atoms with Crippen molar-refractivity contribution >= 4 is 45.8 Å². The molecule has 0 bridgehead atoms. The van der Waals surface area contributed by atoms with Crippen molar-refractivity contribution in [3.63, 3.8) is 0 Å². The van der Waals surface area contributed by atoms with Crippen molar-refractivity contribution in [2.45, 2.75) is 16.2 Å². The number of thiocarbonyl (C=S) groups is 1. The number of likely N-dealkylation sites (N-methyl/N-ethyl adjacent to an activating group) is 2. The van der Waals surface area contributed by atoms with Crippen LogP contribution >= 0.6 is 24.0 Å². The van der Waals surface area contributed by atoms with E-state index in [0.717, 1.165) is 11.8 Å². The van der Waals surface area contributed by atoms with E-state index >= 15 is 0 Å². The second-order valence-corrected chi connectivity index (χ2v) is 10.4. The predicted octanol–water partition coefficient (Wildman–Crippen LogP) is 3.65. The number of hydrogen-bond donors (Lipinski definition) is 0. The summed E-state index contributed by atoms with van der Waals surface area (Å²) in [6.45, 7) is 4.19. The van der Waals surface area contributed by atoms with Crippen LogP contribution in [-0.2, 0) is 15.1 Å². The third-order valence-corrected chi connectivity index (χ3v) is 8.92. The van der Waals surface area contributed by atoms with Gasteiger partial charge in [0.2, 0.25) is 5.91 Å². The molecule has 0 unspecified atom stereocenters. The lowest BCUT2D eigenvalue weighted by atomic mass is 9.72. The zero-order valence-electron chi connectivity index (χ0n) is 18.0. The molecule has 2 spiro atoms. The number of benzene rings is 2. The summed E-state index contributed by atoms with van der Waals surface area (Å²) in [6.07, 6.45) is 1.57. The minimum absolute atomic E-state index is 0.183. The maximum Gasteiger partial charge on any atom is 0.254 e. The lowest BCUT2D eigenvalue weighted by Crippen LogP contribution is -2.62. The second kappa shape index (κ2) is 7.44. The van der Waals surface area contributed by atoms with Gasteiger partial charge in [0, 0.05) is 37.3 Å². The van der Waals surface area contributed by atoms with Crippen molar-refractivity contribution in [2.75, 3.05) is 32.1 Å². The zero-order chi connectivity index (χ0) is 23.7. The monoisotopic (exact) mass is 485 g/mol. The first-order valence-corrected chi connectivity index (χ1v) is 11.6. The maximum atomic E-state index is 14.6. The lowest BCUT2D eigenvalue weighted by Gasteiger charge is -2.42. The van der Waals surface area contributed by atoms with E-state index in [1.807, 2.05) is 0 Å². The molecule has 170 valence electrons. The Hall–Kier alpha value is -2.62. The minimum Gasteiger partial charge on any atom is -0.313 e. The van der Waals surface area contributed by atoms with E-state index in [-0.39, 0.29) is 24.9 Å². The molecule has 3 atom stereocenters. The Morgan fingerprint density at radius 1 is 1.15 bits per heavy atom. The Labute approximate surface area is 200 Å². The Bertz CT molecular complexity index is 1240. The van der Waals surface area contributed by atoms with E-state index in [9.17, 15) is 18.4 Å². The second-order valence-electron chi connectivity index (χ2n) is 8.53. The number of nitrogens with zero attached hydrogens (tertiary/aromatic N) is 3. The van der Waals surface area contributed by atoms with Crippen LogP contribution in [0.25, 0.3) is 0 Å². The van der Waals surface area contributed by atoms with Gasteiger partial charge in [-0.25, -0.2) is 8.78 Å². The average Bonchev–Trinajstić information content (AvgIpc) is 3.28. The molecule has 2 amide bonds. The summed E-state index contributed by atoms with van der Waals surface area (Å²) in [7, 11) is 3.37. The van der Waals surface area contributed by atoms with Gasteiger partial charge in [-0.3, -0.25) is 19.4 Å². The molecule has 0 saturated carbocycles. The third kappa shape index (κ3) is 2.64. The molecular formula is C24H21F2N3O2S2. The fourth-order valence-corrected chi connectivity index (χ4v) is 7.83. The van der Waals surface area contributed by atoms with Crippen LogP contribution < -0.4 is 4.90 Å². The van der Waals surface area contributed by atoms with Gasteiger partial charge in [0.15, 0.2) is 5.54 Å². The molecule has 2 fully saturated rings. The van der Waals surface area contributed by atoms with Gasteiger partial charge in [-0.15, -0.1) is 6.58 Å². The molecule has 5 nitrogen and oxygen atoms in total. The summed E-state index contributed by atoms with van der Waals surface area (Å²) in [5.41, 5.74) is 0.0235. The van der Waals surface area contributed by atoms with Gasteiger partial charge >= 0.3 is 0 Å². The van der Waals surface area contributed by atoms with Crippen molar-refractivity contribution in [1.82, 2.24) is 9.80 Å². The first-order valence-electron chi connectivity index (χ1n) is 10.4. The lowest BCUT2D eigenvalue weighted by molar-refractivity contribution is -0.138. The predicted molar refractivity (Wildman–Crippen MR) is 128 cm³/mol. The molecule has 0 N–H and O–H groups in total. The van der Waals surface area contributed by atoms with Crippen LogP contribution in [0.2, 0.25) is 0 Å². The number of hydrogen-bond acceptors (Lipinski definition) is 5. The minimum atomic E-state index is -1.52. The zero-order valence-corrected chi connectivity index (χ0v) is 19.7. The van der Waals surface area contributed by atoms with Crippen molar-refractivity contribution in [3.05, 3.63) is 77.9 Å². The van der Waals surface area contributed by atoms with E-state index < -0.39 is 27.8 Å². The maximum absolute atomic E-state index is 14.6. The van der Waals surface area contributed by atoms with E-state index in [1.165, 1.54) is 34.1 Å². The molecule has 2 aromatic carbocycles. The number of rotatable bonds is 3. The van der Waals surface area contributed by atoms with Crippen LogP contribution in [0.4, 0.5) is 14.5 Å². The van der Waals surface area contributed by atoms with Gasteiger partial charge in [0.1, 0.15) is 20.7 Å². The summed E-state index contributed by atoms with van der Waals surface area (Å²) in [5, 5.41) is 0. The van der Waals surface area contributed by atoms with Crippen LogP contribution in [0, 0.1) is 11.6 Å². The summed E-state index contributed by atoms with van der Waals surface area (Å²) in [5.74, 6) is -2.21. The number of amides is 2. The molecule has 3 aliphatic rings. The number of halogens is 2.